The first-order valence-corrected chi connectivity index (χ1v) is 9.29. The van der Waals surface area contributed by atoms with E-state index in [-0.39, 0.29) is 22.8 Å². The molecular weight excluding hydrogens is 403 g/mol. The van der Waals surface area contributed by atoms with E-state index >= 15 is 4.39 Å². The quantitative estimate of drug-likeness (QED) is 0.706. The smallest absolute Gasteiger partial charge is 0.268 e. The second-order valence-corrected chi connectivity index (χ2v) is 7.27. The van der Waals surface area contributed by atoms with Crippen LogP contribution in [0, 0.1) is 5.82 Å². The first-order valence-electron chi connectivity index (χ1n) is 8.41. The molecule has 6 nitrogen and oxygen atoms in total. The van der Waals surface area contributed by atoms with Gasteiger partial charge in [-0.3, -0.25) is 19.7 Å². The van der Waals surface area contributed by atoms with E-state index in [0.29, 0.717) is 5.56 Å². The number of pyridine rings is 1. The Hall–Kier alpha value is -3.27. The lowest BCUT2D eigenvalue weighted by molar-refractivity contribution is -0.129. The van der Waals surface area contributed by atoms with E-state index in [0.717, 1.165) is 28.1 Å². The Morgan fingerprint density at radius 1 is 1.24 bits per heavy atom. The average Bonchev–Trinajstić information content (AvgIpc) is 3.33. The number of amides is 1. The predicted molar refractivity (Wildman–Crippen MR) is 102 cm³/mol. The Balaban J connectivity index is 2.00. The highest BCUT2D eigenvalue weighted by Crippen LogP contribution is 2.42. The van der Waals surface area contributed by atoms with Crippen molar-refractivity contribution in [3.05, 3.63) is 70.9 Å². The van der Waals surface area contributed by atoms with Crippen molar-refractivity contribution in [2.75, 3.05) is 7.05 Å². The fourth-order valence-corrected chi connectivity index (χ4v) is 3.84. The molecule has 0 spiro atoms. The van der Waals surface area contributed by atoms with Crippen LogP contribution < -0.4 is 5.73 Å². The molecule has 3 heterocycles. The molecule has 4 rings (SSSR count). The van der Waals surface area contributed by atoms with Gasteiger partial charge >= 0.3 is 0 Å². The van der Waals surface area contributed by atoms with Crippen molar-refractivity contribution in [1.82, 2.24) is 14.9 Å². The van der Waals surface area contributed by atoms with E-state index in [1.54, 1.807) is 17.8 Å². The van der Waals surface area contributed by atoms with Gasteiger partial charge in [0.1, 0.15) is 5.82 Å². The third-order valence-electron chi connectivity index (χ3n) is 4.72. The van der Waals surface area contributed by atoms with Gasteiger partial charge in [0.25, 0.3) is 12.3 Å². The Kier molecular flexibility index (Phi) is 4.58. The topological polar surface area (TPSA) is 84.5 Å². The summed E-state index contributed by atoms with van der Waals surface area (Å²) in [5, 5.41) is 0. The molecule has 29 heavy (non-hydrogen) atoms. The van der Waals surface area contributed by atoms with Crippen LogP contribution >= 0.6 is 11.3 Å². The number of rotatable bonds is 4. The lowest BCUT2D eigenvalue weighted by Gasteiger charge is -2.26. The number of hydrogen-bond donors (Lipinski definition) is 1. The van der Waals surface area contributed by atoms with Gasteiger partial charge in [0.05, 0.1) is 16.1 Å². The average molecular weight is 417 g/mol. The molecule has 0 radical (unpaired) electrons. The van der Waals surface area contributed by atoms with Crippen LogP contribution in [0.15, 0.2) is 53.2 Å². The van der Waals surface area contributed by atoms with Crippen LogP contribution in [0.4, 0.5) is 13.2 Å². The first kappa shape index (κ1) is 19.1. The van der Waals surface area contributed by atoms with Crippen molar-refractivity contribution < 1.29 is 18.0 Å². The van der Waals surface area contributed by atoms with Crippen molar-refractivity contribution in [3.63, 3.8) is 0 Å². The summed E-state index contributed by atoms with van der Waals surface area (Å²) in [6, 6.07) is 6.37. The maximum Gasteiger partial charge on any atom is 0.268 e. The number of carbonyl (C=O) groups is 1. The zero-order chi connectivity index (χ0) is 20.8. The highest BCUT2D eigenvalue weighted by molar-refractivity contribution is 7.13. The maximum atomic E-state index is 15.0. The van der Waals surface area contributed by atoms with Crippen LogP contribution in [0.5, 0.6) is 0 Å². The molecule has 1 atom stereocenters. The van der Waals surface area contributed by atoms with Gasteiger partial charge in [0.15, 0.2) is 5.96 Å². The van der Waals surface area contributed by atoms with Crippen molar-refractivity contribution in [1.29, 1.82) is 0 Å². The van der Waals surface area contributed by atoms with Gasteiger partial charge in [0.2, 0.25) is 5.54 Å². The minimum absolute atomic E-state index is 0.125. The Morgan fingerprint density at radius 3 is 2.66 bits per heavy atom. The maximum absolute atomic E-state index is 15.0. The molecule has 0 bridgehead atoms. The molecule has 0 aliphatic carbocycles. The van der Waals surface area contributed by atoms with E-state index in [1.807, 2.05) is 0 Å². The zero-order valence-electron chi connectivity index (χ0n) is 15.0. The molecule has 2 N–H and O–H groups in total. The number of halogens is 3. The summed E-state index contributed by atoms with van der Waals surface area (Å²) in [5.41, 5.74) is 5.45. The number of benzene rings is 1. The minimum Gasteiger partial charge on any atom is -0.369 e. The van der Waals surface area contributed by atoms with Crippen LogP contribution in [-0.4, -0.2) is 33.8 Å². The van der Waals surface area contributed by atoms with Crippen LogP contribution in [0.3, 0.4) is 0 Å². The largest absolute Gasteiger partial charge is 0.369 e. The van der Waals surface area contributed by atoms with Gasteiger partial charge in [-0.25, -0.2) is 18.2 Å². The summed E-state index contributed by atoms with van der Waals surface area (Å²) in [6.45, 7) is 0. The summed E-state index contributed by atoms with van der Waals surface area (Å²) >= 11 is 1.33. The van der Waals surface area contributed by atoms with Crippen LogP contribution in [-0.2, 0) is 10.3 Å². The van der Waals surface area contributed by atoms with Crippen molar-refractivity contribution in [2.24, 2.45) is 10.7 Å². The molecule has 3 aromatic rings. The fraction of sp³-hybridized carbons (Fsp3) is 0.158. The molecule has 1 aromatic carbocycles. The number of carbonyl (C=O) groups excluding carboxylic acids is 1. The second-order valence-electron chi connectivity index (χ2n) is 6.38. The number of aliphatic imine (C=N–C) groups is 1. The van der Waals surface area contributed by atoms with Crippen molar-refractivity contribution >= 4 is 23.2 Å². The molecule has 0 fully saturated rings. The van der Waals surface area contributed by atoms with Gasteiger partial charge in [0, 0.05) is 30.6 Å². The number of nitrogens with two attached hydrogens (primary N) is 1. The number of thiazole rings is 1. The molecule has 1 amide bonds. The monoisotopic (exact) mass is 417 g/mol. The van der Waals surface area contributed by atoms with Gasteiger partial charge in [-0.05, 0) is 29.8 Å². The van der Waals surface area contributed by atoms with E-state index in [9.17, 15) is 13.6 Å². The van der Waals surface area contributed by atoms with Gasteiger partial charge in [-0.1, -0.05) is 6.07 Å². The molecule has 1 unspecified atom stereocenters. The molecule has 148 valence electrons. The number of likely N-dealkylation sites (N-methyl/N-ethyl adjacent to an activating group) is 1. The Bertz CT molecular complexity index is 1120. The third-order valence-corrected chi connectivity index (χ3v) is 5.54. The molecular formula is C19H14F3N5OS. The summed E-state index contributed by atoms with van der Waals surface area (Å²) in [6.07, 6.45) is -0.0526. The molecule has 10 heteroatoms. The lowest BCUT2D eigenvalue weighted by Crippen LogP contribution is -2.42. The molecule has 1 aliphatic heterocycles. The number of guanidine groups is 1. The Labute approximate surface area is 167 Å². The molecule has 0 saturated heterocycles. The van der Waals surface area contributed by atoms with E-state index < -0.39 is 23.7 Å². The van der Waals surface area contributed by atoms with E-state index in [1.165, 1.54) is 30.5 Å². The van der Waals surface area contributed by atoms with Crippen LogP contribution in [0.1, 0.15) is 23.2 Å². The summed E-state index contributed by atoms with van der Waals surface area (Å²) in [7, 11) is 1.38. The van der Waals surface area contributed by atoms with Gasteiger partial charge in [-0.15, -0.1) is 11.3 Å². The van der Waals surface area contributed by atoms with E-state index in [4.69, 9.17) is 5.73 Å². The van der Waals surface area contributed by atoms with Gasteiger partial charge < -0.3 is 5.73 Å². The van der Waals surface area contributed by atoms with Crippen molar-refractivity contribution in [3.8, 4) is 10.4 Å². The number of nitrogens with zero attached hydrogens (tertiary/aromatic N) is 4. The summed E-state index contributed by atoms with van der Waals surface area (Å²) in [5.74, 6) is -1.58. The first-order chi connectivity index (χ1) is 13.8. The highest BCUT2D eigenvalue weighted by atomic mass is 32.1. The zero-order valence-corrected chi connectivity index (χ0v) is 15.8. The second kappa shape index (κ2) is 6.96. The van der Waals surface area contributed by atoms with Crippen LogP contribution in [0.2, 0.25) is 0 Å². The van der Waals surface area contributed by atoms with Crippen molar-refractivity contribution in [2.45, 2.75) is 12.0 Å². The summed E-state index contributed by atoms with van der Waals surface area (Å²) in [4.78, 5) is 27.3. The summed E-state index contributed by atoms with van der Waals surface area (Å²) < 4.78 is 41.6. The normalized spacial score (nSPS) is 19.1. The lowest BCUT2D eigenvalue weighted by atomic mass is 9.84. The third kappa shape index (κ3) is 2.96. The minimum atomic E-state index is -2.79. The number of alkyl halides is 2. The van der Waals surface area contributed by atoms with Gasteiger partial charge in [-0.2, -0.15) is 0 Å². The number of aromatic nitrogens is 2. The van der Waals surface area contributed by atoms with E-state index in [2.05, 4.69) is 15.0 Å². The highest BCUT2D eigenvalue weighted by Gasteiger charge is 2.52. The number of hydrogen-bond acceptors (Lipinski definition) is 6. The molecule has 2 aromatic heterocycles. The standard InChI is InChI=1S/C19H14F3N5OS/c1-27-17(28)19(26-18(27)23,15-7-11(16(21)22)4-5-25-15)12-6-10(2-3-13(12)20)14-8-24-9-29-14/h2-9,16H,1H3,(H2,23,26). The molecule has 1 aliphatic rings. The molecule has 0 saturated carbocycles. The fourth-order valence-electron chi connectivity index (χ4n) is 3.22. The van der Waals surface area contributed by atoms with Crippen LogP contribution in [0.25, 0.3) is 10.4 Å². The SMILES string of the molecule is CN1C(=O)C(c2cc(C(F)F)ccn2)(c2cc(-c3cncs3)ccc2F)N=C1N. The Morgan fingerprint density at radius 2 is 2.03 bits per heavy atom. The predicted octanol–water partition coefficient (Wildman–Crippen LogP) is 3.31.